The minimum absolute atomic E-state index is 0.224. The van der Waals surface area contributed by atoms with E-state index in [0.717, 1.165) is 0 Å². The number of hydrogen-bond acceptors (Lipinski definition) is 4. The standard InChI is InChI=1S/C12H13NO4/c1-8(10-7-16-12(15)13-10)17-11(14)9-5-3-2-4-6-9/h2-6,8,10H,7H2,1H3,(H,13,15)/t8-,10+/m0/s1. The van der Waals surface area contributed by atoms with E-state index in [-0.39, 0.29) is 12.6 Å². The number of amides is 1. The number of carbonyl (C=O) groups excluding carboxylic acids is 2. The second kappa shape index (κ2) is 4.86. The van der Waals surface area contributed by atoms with Crippen molar-refractivity contribution in [3.8, 4) is 0 Å². The molecule has 2 rings (SSSR count). The summed E-state index contributed by atoms with van der Waals surface area (Å²) >= 11 is 0. The lowest BCUT2D eigenvalue weighted by molar-refractivity contribution is 0.0260. The van der Waals surface area contributed by atoms with E-state index < -0.39 is 18.2 Å². The Kier molecular flexibility index (Phi) is 3.27. The van der Waals surface area contributed by atoms with E-state index in [4.69, 9.17) is 9.47 Å². The minimum Gasteiger partial charge on any atom is -0.457 e. The highest BCUT2D eigenvalue weighted by atomic mass is 16.6. The molecule has 0 aliphatic carbocycles. The van der Waals surface area contributed by atoms with Crippen LogP contribution in [-0.2, 0) is 9.47 Å². The number of esters is 1. The van der Waals surface area contributed by atoms with Crippen LogP contribution in [-0.4, -0.2) is 30.8 Å². The highest BCUT2D eigenvalue weighted by Gasteiger charge is 2.29. The molecule has 1 saturated heterocycles. The molecule has 5 nitrogen and oxygen atoms in total. The molecular weight excluding hydrogens is 222 g/mol. The zero-order valence-corrected chi connectivity index (χ0v) is 9.38. The van der Waals surface area contributed by atoms with E-state index in [0.29, 0.717) is 5.56 Å². The molecule has 2 atom stereocenters. The number of hydrogen-bond donors (Lipinski definition) is 1. The second-order valence-corrected chi connectivity index (χ2v) is 3.83. The molecule has 1 aliphatic rings. The van der Waals surface area contributed by atoms with Gasteiger partial charge in [-0.05, 0) is 19.1 Å². The highest BCUT2D eigenvalue weighted by Crippen LogP contribution is 2.09. The van der Waals surface area contributed by atoms with Crippen LogP contribution in [0.15, 0.2) is 30.3 Å². The van der Waals surface area contributed by atoms with Crippen molar-refractivity contribution in [2.24, 2.45) is 0 Å². The summed E-state index contributed by atoms with van der Waals surface area (Å²) in [6.07, 6.45) is -0.897. The quantitative estimate of drug-likeness (QED) is 0.803. The number of rotatable bonds is 3. The van der Waals surface area contributed by atoms with Crippen molar-refractivity contribution in [2.45, 2.75) is 19.1 Å². The predicted octanol–water partition coefficient (Wildman–Crippen LogP) is 1.34. The Morgan fingerprint density at radius 1 is 1.47 bits per heavy atom. The van der Waals surface area contributed by atoms with Crippen LogP contribution < -0.4 is 5.32 Å². The maximum atomic E-state index is 11.7. The van der Waals surface area contributed by atoms with Crippen LogP contribution >= 0.6 is 0 Å². The Balaban J connectivity index is 1.93. The van der Waals surface area contributed by atoms with Gasteiger partial charge in [0.1, 0.15) is 18.8 Å². The summed E-state index contributed by atoms with van der Waals surface area (Å²) in [5, 5.41) is 2.57. The molecule has 0 spiro atoms. The van der Waals surface area contributed by atoms with Gasteiger partial charge in [-0.2, -0.15) is 0 Å². The maximum Gasteiger partial charge on any atom is 0.407 e. The fourth-order valence-corrected chi connectivity index (χ4v) is 1.55. The van der Waals surface area contributed by atoms with Crippen LogP contribution in [0.1, 0.15) is 17.3 Å². The topological polar surface area (TPSA) is 64.6 Å². The van der Waals surface area contributed by atoms with Crippen molar-refractivity contribution in [3.05, 3.63) is 35.9 Å². The second-order valence-electron chi connectivity index (χ2n) is 3.83. The van der Waals surface area contributed by atoms with Crippen molar-refractivity contribution in [2.75, 3.05) is 6.61 Å². The van der Waals surface area contributed by atoms with Gasteiger partial charge in [-0.3, -0.25) is 0 Å². The number of carbonyl (C=O) groups is 2. The largest absolute Gasteiger partial charge is 0.457 e. The molecular formula is C12H13NO4. The number of benzene rings is 1. The van der Waals surface area contributed by atoms with Gasteiger partial charge in [0.15, 0.2) is 0 Å². The summed E-state index contributed by atoms with van der Waals surface area (Å²) < 4.78 is 9.97. The van der Waals surface area contributed by atoms with Gasteiger partial charge in [-0.1, -0.05) is 18.2 Å². The normalized spacial score (nSPS) is 20.3. The van der Waals surface area contributed by atoms with Gasteiger partial charge < -0.3 is 14.8 Å². The molecule has 17 heavy (non-hydrogen) atoms. The lowest BCUT2D eigenvalue weighted by Gasteiger charge is -2.17. The molecule has 0 unspecified atom stereocenters. The van der Waals surface area contributed by atoms with E-state index in [1.807, 2.05) is 6.07 Å². The summed E-state index contributed by atoms with van der Waals surface area (Å²) in [7, 11) is 0. The monoisotopic (exact) mass is 235 g/mol. The molecule has 1 aliphatic heterocycles. The highest BCUT2D eigenvalue weighted by molar-refractivity contribution is 5.89. The van der Waals surface area contributed by atoms with Crippen LogP contribution in [0.5, 0.6) is 0 Å². The van der Waals surface area contributed by atoms with E-state index >= 15 is 0 Å². The van der Waals surface area contributed by atoms with Crippen LogP contribution in [0.3, 0.4) is 0 Å². The first-order chi connectivity index (χ1) is 8.16. The number of alkyl carbamates (subject to hydrolysis) is 1. The Morgan fingerprint density at radius 2 is 2.18 bits per heavy atom. The zero-order valence-electron chi connectivity index (χ0n) is 9.38. The van der Waals surface area contributed by atoms with Crippen molar-refractivity contribution in [1.29, 1.82) is 0 Å². The van der Waals surface area contributed by atoms with Gasteiger partial charge in [-0.15, -0.1) is 0 Å². The SMILES string of the molecule is C[C@H](OC(=O)c1ccccc1)[C@H]1COC(=O)N1. The smallest absolute Gasteiger partial charge is 0.407 e. The summed E-state index contributed by atoms with van der Waals surface area (Å²) in [4.78, 5) is 22.6. The molecule has 1 N–H and O–H groups in total. The van der Waals surface area contributed by atoms with Gasteiger partial charge in [-0.25, -0.2) is 9.59 Å². The number of nitrogens with one attached hydrogen (secondary N) is 1. The van der Waals surface area contributed by atoms with Gasteiger partial charge in [0.2, 0.25) is 0 Å². The molecule has 1 aromatic carbocycles. The fourth-order valence-electron chi connectivity index (χ4n) is 1.55. The van der Waals surface area contributed by atoms with Gasteiger partial charge >= 0.3 is 12.1 Å². The first-order valence-electron chi connectivity index (χ1n) is 5.36. The number of ether oxygens (including phenoxy) is 2. The van der Waals surface area contributed by atoms with Crippen LogP contribution in [0.25, 0.3) is 0 Å². The lowest BCUT2D eigenvalue weighted by Crippen LogP contribution is -2.39. The third-order valence-electron chi connectivity index (χ3n) is 2.57. The molecule has 1 aromatic rings. The Hall–Kier alpha value is -2.04. The van der Waals surface area contributed by atoms with Crippen molar-refractivity contribution >= 4 is 12.1 Å². The van der Waals surface area contributed by atoms with Crippen LogP contribution in [0.4, 0.5) is 4.79 Å². The predicted molar refractivity (Wildman–Crippen MR) is 59.6 cm³/mol. The van der Waals surface area contributed by atoms with Crippen molar-refractivity contribution in [3.63, 3.8) is 0 Å². The van der Waals surface area contributed by atoms with Crippen molar-refractivity contribution < 1.29 is 19.1 Å². The average Bonchev–Trinajstić information content (AvgIpc) is 2.77. The molecule has 1 fully saturated rings. The maximum absolute atomic E-state index is 11.7. The Labute approximate surface area is 98.7 Å². The fraction of sp³-hybridized carbons (Fsp3) is 0.333. The molecule has 1 amide bonds. The molecule has 0 bridgehead atoms. The summed E-state index contributed by atoms with van der Waals surface area (Å²) in [5.74, 6) is -0.403. The van der Waals surface area contributed by atoms with Gasteiger partial charge in [0.25, 0.3) is 0 Å². The Bertz CT molecular complexity index is 418. The minimum atomic E-state index is -0.474. The summed E-state index contributed by atoms with van der Waals surface area (Å²) in [6, 6.07) is 8.43. The van der Waals surface area contributed by atoms with E-state index in [1.165, 1.54) is 0 Å². The van der Waals surface area contributed by atoms with E-state index in [9.17, 15) is 9.59 Å². The summed E-state index contributed by atoms with van der Waals surface area (Å²) in [6.45, 7) is 1.95. The molecule has 0 aromatic heterocycles. The van der Waals surface area contributed by atoms with Crippen molar-refractivity contribution in [1.82, 2.24) is 5.32 Å². The molecule has 5 heteroatoms. The molecule has 0 radical (unpaired) electrons. The van der Waals surface area contributed by atoms with Gasteiger partial charge in [0, 0.05) is 0 Å². The zero-order chi connectivity index (χ0) is 12.3. The molecule has 0 saturated carbocycles. The first kappa shape index (κ1) is 11.4. The van der Waals surface area contributed by atoms with Gasteiger partial charge in [0.05, 0.1) is 5.56 Å². The average molecular weight is 235 g/mol. The third kappa shape index (κ3) is 2.75. The third-order valence-corrected chi connectivity index (χ3v) is 2.57. The molecule has 90 valence electrons. The molecule has 1 heterocycles. The van der Waals surface area contributed by atoms with Crippen LogP contribution in [0, 0.1) is 0 Å². The Morgan fingerprint density at radius 3 is 2.76 bits per heavy atom. The number of cyclic esters (lactones) is 1. The van der Waals surface area contributed by atoms with E-state index in [2.05, 4.69) is 5.32 Å². The lowest BCUT2D eigenvalue weighted by atomic mass is 10.2. The van der Waals surface area contributed by atoms with E-state index in [1.54, 1.807) is 31.2 Å². The summed E-state index contributed by atoms with van der Waals surface area (Å²) in [5.41, 5.74) is 0.490. The first-order valence-corrected chi connectivity index (χ1v) is 5.36. The van der Waals surface area contributed by atoms with Crippen LogP contribution in [0.2, 0.25) is 0 Å².